The molecule has 2 N–H and O–H groups in total. The van der Waals surface area contributed by atoms with Crippen molar-refractivity contribution < 1.29 is 76.1 Å². The number of benzene rings is 3. The van der Waals surface area contributed by atoms with Gasteiger partial charge < -0.3 is 57.6 Å². The first-order valence-corrected chi connectivity index (χ1v) is 25.1. The Labute approximate surface area is 426 Å². The van der Waals surface area contributed by atoms with Crippen LogP contribution in [-0.2, 0) is 61.8 Å². The third-order valence-electron chi connectivity index (χ3n) is 12.1. The smallest absolute Gasteiger partial charge is 0.409 e. The standard InChI is InChI=1S/C53H70N4O16/c1-56(53(63)73-38-44-41-12-6-4-10-39(41)40-11-5-7-13-42(40)44)19-21-65-23-25-67-27-29-69-31-33-71-35-37-72-36-34-70-32-30-68-28-26-66-24-22-64-20-8-2-3-16-47(58)54-45-15-9-14-43-49(45)52(62)57(51(43)61)46-17-18-48(59)55-50(46)60/h4-7,9-15,44,46H,2-3,8,16-38H2,1H3,(H,54,58)(H,55,59,60). The second kappa shape index (κ2) is 31.8. The molecule has 20 nitrogen and oxygen atoms in total. The van der Waals surface area contributed by atoms with E-state index in [9.17, 15) is 28.8 Å². The fourth-order valence-electron chi connectivity index (χ4n) is 8.36. The number of piperidine rings is 1. The van der Waals surface area contributed by atoms with Crippen molar-refractivity contribution in [1.82, 2.24) is 15.1 Å². The Balaban J connectivity index is 0.622. The number of imide groups is 2. The van der Waals surface area contributed by atoms with Gasteiger partial charge in [0, 0.05) is 39.0 Å². The number of ether oxygens (including phenoxy) is 10. The monoisotopic (exact) mass is 1020 g/mol. The summed E-state index contributed by atoms with van der Waals surface area (Å²) in [7, 11) is 1.70. The number of rotatable bonds is 37. The first-order valence-electron chi connectivity index (χ1n) is 25.1. The third kappa shape index (κ3) is 18.0. The van der Waals surface area contributed by atoms with Crippen molar-refractivity contribution in [1.29, 1.82) is 0 Å². The van der Waals surface area contributed by atoms with Crippen molar-refractivity contribution in [2.24, 2.45) is 0 Å². The van der Waals surface area contributed by atoms with Crippen molar-refractivity contribution in [3.05, 3.63) is 89.0 Å². The Hall–Kier alpha value is -5.68. The molecule has 0 saturated carbocycles. The second-order valence-electron chi connectivity index (χ2n) is 17.3. The summed E-state index contributed by atoms with van der Waals surface area (Å²) >= 11 is 0. The molecule has 0 aromatic heterocycles. The lowest BCUT2D eigenvalue weighted by Gasteiger charge is -2.27. The van der Waals surface area contributed by atoms with E-state index in [1.165, 1.54) is 33.2 Å². The van der Waals surface area contributed by atoms with Crippen LogP contribution in [0.3, 0.4) is 0 Å². The maximum Gasteiger partial charge on any atom is 0.409 e. The lowest BCUT2D eigenvalue weighted by molar-refractivity contribution is -0.136. The molecular weight excluding hydrogens is 949 g/mol. The molecule has 6 rings (SSSR count). The molecule has 1 fully saturated rings. The maximum atomic E-state index is 13.2. The summed E-state index contributed by atoms with van der Waals surface area (Å²) in [5.41, 5.74) is 5.12. The number of carbonyl (C=O) groups is 6. The van der Waals surface area contributed by atoms with Gasteiger partial charge in [0.05, 0.1) is 129 Å². The Kier molecular flexibility index (Phi) is 24.7. The van der Waals surface area contributed by atoms with Crippen LogP contribution in [-0.4, -0.2) is 191 Å². The van der Waals surface area contributed by atoms with Gasteiger partial charge in [0.15, 0.2) is 0 Å². The molecule has 73 heavy (non-hydrogen) atoms. The normalized spacial score (nSPS) is 15.1. The van der Waals surface area contributed by atoms with Crippen LogP contribution in [0.2, 0.25) is 0 Å². The number of amides is 6. The minimum Gasteiger partial charge on any atom is -0.448 e. The minimum atomic E-state index is -1.08. The largest absolute Gasteiger partial charge is 0.448 e. The Morgan fingerprint density at radius 1 is 0.575 bits per heavy atom. The van der Waals surface area contributed by atoms with E-state index in [0.717, 1.165) is 17.7 Å². The quantitative estimate of drug-likeness (QED) is 0.0594. The zero-order chi connectivity index (χ0) is 51.5. The van der Waals surface area contributed by atoms with Crippen molar-refractivity contribution in [3.63, 3.8) is 0 Å². The molecule has 0 spiro atoms. The fraction of sp³-hybridized carbons (Fsp3) is 0.547. The summed E-state index contributed by atoms with van der Waals surface area (Å²) in [5.74, 6) is -2.71. The molecular formula is C53H70N4O16. The Morgan fingerprint density at radius 2 is 1.05 bits per heavy atom. The van der Waals surface area contributed by atoms with Crippen LogP contribution in [0.5, 0.6) is 0 Å². The number of fused-ring (bicyclic) bond motifs is 4. The van der Waals surface area contributed by atoms with Gasteiger partial charge in [-0.25, -0.2) is 4.79 Å². The molecule has 6 amide bonds. The highest BCUT2D eigenvalue weighted by molar-refractivity contribution is 6.26. The van der Waals surface area contributed by atoms with Crippen LogP contribution < -0.4 is 10.6 Å². The minimum absolute atomic E-state index is 0.0233. The number of nitrogens with one attached hydrogen (secondary N) is 2. The number of hydrogen-bond donors (Lipinski definition) is 2. The summed E-state index contributed by atoms with van der Waals surface area (Å²) < 4.78 is 55.7. The summed E-state index contributed by atoms with van der Waals surface area (Å²) in [4.78, 5) is 77.9. The number of carbonyl (C=O) groups excluding carboxylic acids is 6. The molecule has 1 aliphatic carbocycles. The van der Waals surface area contributed by atoms with Crippen molar-refractivity contribution in [3.8, 4) is 11.1 Å². The maximum absolute atomic E-state index is 13.2. The number of anilines is 1. The SMILES string of the molecule is CN(CCOCCOCCOCCOCCOCCOCCOCCOCCOCCCCCC(=O)Nc1cccc2c1C(=O)N(C1CCC(=O)NC1=O)C2=O)C(=O)OCC1c2ccccc2-c2ccccc21. The highest BCUT2D eigenvalue weighted by Gasteiger charge is 2.45. The molecule has 0 radical (unpaired) electrons. The van der Waals surface area contributed by atoms with Gasteiger partial charge in [-0.15, -0.1) is 0 Å². The molecule has 2 heterocycles. The molecule has 398 valence electrons. The molecule has 3 aromatic carbocycles. The number of nitrogens with zero attached hydrogens (tertiary/aromatic N) is 2. The summed E-state index contributed by atoms with van der Waals surface area (Å²) in [5, 5.41) is 4.91. The Bertz CT molecular complexity index is 2200. The predicted octanol–water partition coefficient (Wildman–Crippen LogP) is 4.62. The summed E-state index contributed by atoms with van der Waals surface area (Å²) in [6, 6.07) is 20.0. The van der Waals surface area contributed by atoms with E-state index in [0.29, 0.717) is 132 Å². The molecule has 1 unspecified atom stereocenters. The zero-order valence-corrected chi connectivity index (χ0v) is 41.8. The molecule has 1 atom stereocenters. The van der Waals surface area contributed by atoms with Gasteiger partial charge in [-0.3, -0.25) is 34.2 Å². The lowest BCUT2D eigenvalue weighted by atomic mass is 9.98. The molecule has 0 bridgehead atoms. The first kappa shape index (κ1) is 56.6. The van der Waals surface area contributed by atoms with E-state index in [1.54, 1.807) is 19.2 Å². The molecule has 3 aliphatic rings. The van der Waals surface area contributed by atoms with Gasteiger partial charge >= 0.3 is 6.09 Å². The number of hydrogen-bond acceptors (Lipinski definition) is 16. The van der Waals surface area contributed by atoms with E-state index in [2.05, 4.69) is 34.9 Å². The van der Waals surface area contributed by atoms with Crippen LogP contribution in [0.15, 0.2) is 66.7 Å². The van der Waals surface area contributed by atoms with Gasteiger partial charge in [0.1, 0.15) is 12.6 Å². The van der Waals surface area contributed by atoms with Crippen LogP contribution in [0, 0.1) is 0 Å². The van der Waals surface area contributed by atoms with Gasteiger partial charge in [-0.05, 0) is 53.6 Å². The highest BCUT2D eigenvalue weighted by atomic mass is 16.6. The molecule has 3 aromatic rings. The van der Waals surface area contributed by atoms with Gasteiger partial charge in [-0.1, -0.05) is 61.0 Å². The van der Waals surface area contributed by atoms with E-state index in [1.807, 2.05) is 24.3 Å². The van der Waals surface area contributed by atoms with E-state index >= 15 is 0 Å². The van der Waals surface area contributed by atoms with Crippen molar-refractivity contribution in [2.75, 3.05) is 144 Å². The lowest BCUT2D eigenvalue weighted by Crippen LogP contribution is -2.54. The predicted molar refractivity (Wildman–Crippen MR) is 265 cm³/mol. The van der Waals surface area contributed by atoms with Crippen molar-refractivity contribution in [2.45, 2.75) is 50.5 Å². The average Bonchev–Trinajstić information content (AvgIpc) is 3.85. The van der Waals surface area contributed by atoms with Crippen LogP contribution in [0.1, 0.15) is 76.3 Å². The van der Waals surface area contributed by atoms with Gasteiger partial charge in [-0.2, -0.15) is 0 Å². The van der Waals surface area contributed by atoms with Gasteiger partial charge in [0.2, 0.25) is 17.7 Å². The van der Waals surface area contributed by atoms with Crippen LogP contribution >= 0.6 is 0 Å². The average molecular weight is 1020 g/mol. The third-order valence-corrected chi connectivity index (χ3v) is 12.1. The number of likely N-dealkylation sites (N-methyl/N-ethyl adjacent to an activating group) is 1. The van der Waals surface area contributed by atoms with E-state index in [-0.39, 0.29) is 60.6 Å². The van der Waals surface area contributed by atoms with Crippen molar-refractivity contribution >= 4 is 41.3 Å². The summed E-state index contributed by atoms with van der Waals surface area (Å²) in [6.45, 7) is 8.67. The topological polar surface area (TPSA) is 225 Å². The molecule has 2 aliphatic heterocycles. The number of unbranched alkanes of at least 4 members (excludes halogenated alkanes) is 2. The van der Waals surface area contributed by atoms with Crippen LogP contribution in [0.25, 0.3) is 11.1 Å². The zero-order valence-electron chi connectivity index (χ0n) is 41.8. The highest BCUT2D eigenvalue weighted by Crippen LogP contribution is 2.44. The second-order valence-corrected chi connectivity index (χ2v) is 17.3. The van der Waals surface area contributed by atoms with Gasteiger partial charge in [0.25, 0.3) is 11.8 Å². The van der Waals surface area contributed by atoms with E-state index < -0.39 is 29.7 Å². The fourth-order valence-corrected chi connectivity index (χ4v) is 8.36. The van der Waals surface area contributed by atoms with Crippen LogP contribution in [0.4, 0.5) is 10.5 Å². The first-order chi connectivity index (χ1) is 35.7. The Morgan fingerprint density at radius 3 is 1.58 bits per heavy atom. The summed E-state index contributed by atoms with van der Waals surface area (Å²) in [6.07, 6.45) is 2.03. The molecule has 1 saturated heterocycles. The van der Waals surface area contributed by atoms with E-state index in [4.69, 9.17) is 47.4 Å². The molecule has 20 heteroatoms.